The lowest BCUT2D eigenvalue weighted by atomic mass is 9.98. The van der Waals surface area contributed by atoms with Gasteiger partial charge in [0.05, 0.1) is 17.6 Å². The molecule has 0 radical (unpaired) electrons. The standard InChI is InChI=1S/C17H13NO6/c1-23-15-8-10(7-13(17(15)20)18(21)22)6-11-9-24-14-5-3-2-4-12(14)16(11)19/h2-8,20H,9H2,1H3. The first-order chi connectivity index (χ1) is 11.5. The maximum atomic E-state index is 12.5. The van der Waals surface area contributed by atoms with E-state index in [0.717, 1.165) is 0 Å². The Labute approximate surface area is 136 Å². The molecule has 0 bridgehead atoms. The van der Waals surface area contributed by atoms with Gasteiger partial charge in [-0.2, -0.15) is 0 Å². The summed E-state index contributed by atoms with van der Waals surface area (Å²) >= 11 is 0. The number of para-hydroxylation sites is 1. The van der Waals surface area contributed by atoms with Gasteiger partial charge in [0.2, 0.25) is 5.75 Å². The van der Waals surface area contributed by atoms with E-state index in [0.29, 0.717) is 22.4 Å². The molecule has 0 saturated heterocycles. The van der Waals surface area contributed by atoms with Crippen LogP contribution in [-0.4, -0.2) is 29.5 Å². The fraction of sp³-hybridized carbons (Fsp3) is 0.118. The number of methoxy groups -OCH3 is 1. The maximum Gasteiger partial charge on any atom is 0.315 e. The molecule has 0 unspecified atom stereocenters. The first-order valence-corrected chi connectivity index (χ1v) is 7.03. The smallest absolute Gasteiger partial charge is 0.315 e. The lowest BCUT2D eigenvalue weighted by Gasteiger charge is -2.18. The van der Waals surface area contributed by atoms with Crippen molar-refractivity contribution in [3.8, 4) is 17.2 Å². The van der Waals surface area contributed by atoms with Crippen LogP contribution < -0.4 is 9.47 Å². The van der Waals surface area contributed by atoms with E-state index in [4.69, 9.17) is 9.47 Å². The van der Waals surface area contributed by atoms with E-state index in [1.807, 2.05) is 0 Å². The summed E-state index contributed by atoms with van der Waals surface area (Å²) in [6, 6.07) is 9.47. The number of rotatable bonds is 3. The summed E-state index contributed by atoms with van der Waals surface area (Å²) in [6.07, 6.45) is 1.49. The fourth-order valence-electron chi connectivity index (χ4n) is 2.47. The van der Waals surface area contributed by atoms with Crippen LogP contribution in [0.5, 0.6) is 17.2 Å². The van der Waals surface area contributed by atoms with Gasteiger partial charge < -0.3 is 14.6 Å². The predicted molar refractivity (Wildman–Crippen MR) is 85.6 cm³/mol. The van der Waals surface area contributed by atoms with Crippen LogP contribution in [0.15, 0.2) is 42.0 Å². The largest absolute Gasteiger partial charge is 0.500 e. The molecule has 0 spiro atoms. The molecule has 0 saturated carbocycles. The molecule has 2 aromatic rings. The molecule has 1 aliphatic rings. The Morgan fingerprint density at radius 2 is 2.08 bits per heavy atom. The number of ether oxygens (including phenoxy) is 2. The SMILES string of the molecule is COc1cc(C=C2COc3ccccc3C2=O)cc([N+](=O)[O-])c1O. The Bertz CT molecular complexity index is 871. The van der Waals surface area contributed by atoms with Crippen LogP contribution in [0.4, 0.5) is 5.69 Å². The number of nitrogens with zero attached hydrogens (tertiary/aromatic N) is 1. The molecule has 24 heavy (non-hydrogen) atoms. The highest BCUT2D eigenvalue weighted by atomic mass is 16.6. The zero-order valence-electron chi connectivity index (χ0n) is 12.7. The number of ketones is 1. The molecule has 2 aromatic carbocycles. The highest BCUT2D eigenvalue weighted by Crippen LogP contribution is 2.38. The number of phenolic OH excluding ortho intramolecular Hbond substituents is 1. The number of benzene rings is 2. The van der Waals surface area contributed by atoms with Crippen LogP contribution in [0.2, 0.25) is 0 Å². The Balaban J connectivity index is 2.05. The van der Waals surface area contributed by atoms with Gasteiger partial charge in [0.25, 0.3) is 0 Å². The zero-order chi connectivity index (χ0) is 17.3. The molecule has 7 nitrogen and oxygen atoms in total. The minimum atomic E-state index is -0.714. The normalized spacial score (nSPS) is 14.9. The molecule has 0 fully saturated rings. The van der Waals surface area contributed by atoms with E-state index >= 15 is 0 Å². The Morgan fingerprint density at radius 1 is 1.33 bits per heavy atom. The van der Waals surface area contributed by atoms with Crippen molar-refractivity contribution in [3.05, 3.63) is 63.2 Å². The third-order valence-corrected chi connectivity index (χ3v) is 3.64. The number of Topliss-reactive ketones (excluding diaryl/α,β-unsaturated/α-hetero) is 1. The van der Waals surface area contributed by atoms with E-state index in [1.54, 1.807) is 24.3 Å². The van der Waals surface area contributed by atoms with Crippen molar-refractivity contribution in [1.82, 2.24) is 0 Å². The Kier molecular flexibility index (Phi) is 3.91. The molecule has 122 valence electrons. The van der Waals surface area contributed by atoms with Gasteiger partial charge in [-0.25, -0.2) is 0 Å². The van der Waals surface area contributed by atoms with Crippen molar-refractivity contribution in [2.45, 2.75) is 0 Å². The van der Waals surface area contributed by atoms with E-state index < -0.39 is 16.4 Å². The van der Waals surface area contributed by atoms with E-state index in [9.17, 15) is 20.0 Å². The van der Waals surface area contributed by atoms with Crippen molar-refractivity contribution >= 4 is 17.5 Å². The minimum absolute atomic E-state index is 0.0411. The fourth-order valence-corrected chi connectivity index (χ4v) is 2.47. The van der Waals surface area contributed by atoms with Gasteiger partial charge in [-0.3, -0.25) is 14.9 Å². The quantitative estimate of drug-likeness (QED) is 0.528. The summed E-state index contributed by atoms with van der Waals surface area (Å²) in [4.78, 5) is 22.8. The van der Waals surface area contributed by atoms with Gasteiger partial charge in [0.15, 0.2) is 11.5 Å². The summed E-state index contributed by atoms with van der Waals surface area (Å²) in [5, 5.41) is 20.8. The summed E-state index contributed by atoms with van der Waals surface area (Å²) in [5.41, 5.74) is 0.666. The number of nitro benzene ring substituents is 1. The second-order valence-electron chi connectivity index (χ2n) is 5.13. The average molecular weight is 327 g/mol. The van der Waals surface area contributed by atoms with Crippen molar-refractivity contribution in [1.29, 1.82) is 0 Å². The van der Waals surface area contributed by atoms with Crippen molar-refractivity contribution < 1.29 is 24.3 Å². The van der Waals surface area contributed by atoms with Crippen LogP contribution in [0.25, 0.3) is 6.08 Å². The van der Waals surface area contributed by atoms with E-state index in [2.05, 4.69) is 0 Å². The lowest BCUT2D eigenvalue weighted by Crippen LogP contribution is -2.18. The molecular weight excluding hydrogens is 314 g/mol. The average Bonchev–Trinajstić information content (AvgIpc) is 2.58. The Morgan fingerprint density at radius 3 is 2.79 bits per heavy atom. The predicted octanol–water partition coefficient (Wildman–Crippen LogP) is 2.97. The Hall–Kier alpha value is -3.35. The summed E-state index contributed by atoms with van der Waals surface area (Å²) in [7, 11) is 1.29. The number of nitro groups is 1. The molecule has 1 N–H and O–H groups in total. The number of aromatic hydroxyl groups is 1. The van der Waals surface area contributed by atoms with Crippen molar-refractivity contribution in [2.75, 3.05) is 13.7 Å². The highest BCUT2D eigenvalue weighted by Gasteiger charge is 2.24. The molecular formula is C17H13NO6. The highest BCUT2D eigenvalue weighted by molar-refractivity contribution is 6.14. The van der Waals surface area contributed by atoms with Gasteiger partial charge in [-0.05, 0) is 29.8 Å². The molecule has 0 atom stereocenters. The van der Waals surface area contributed by atoms with E-state index in [-0.39, 0.29) is 18.1 Å². The number of hydrogen-bond acceptors (Lipinski definition) is 6. The van der Waals surface area contributed by atoms with Crippen LogP contribution in [0.3, 0.4) is 0 Å². The lowest BCUT2D eigenvalue weighted by molar-refractivity contribution is -0.386. The van der Waals surface area contributed by atoms with Gasteiger partial charge in [0, 0.05) is 11.6 Å². The van der Waals surface area contributed by atoms with Crippen LogP contribution >= 0.6 is 0 Å². The van der Waals surface area contributed by atoms with Gasteiger partial charge in [0.1, 0.15) is 12.4 Å². The third-order valence-electron chi connectivity index (χ3n) is 3.64. The molecule has 0 aromatic heterocycles. The molecule has 7 heteroatoms. The topological polar surface area (TPSA) is 98.9 Å². The molecule has 0 amide bonds. The number of phenols is 1. The van der Waals surface area contributed by atoms with Crippen LogP contribution in [0, 0.1) is 10.1 Å². The number of fused-ring (bicyclic) bond motifs is 1. The van der Waals surface area contributed by atoms with Crippen LogP contribution in [-0.2, 0) is 0 Å². The molecule has 1 heterocycles. The summed E-state index contributed by atoms with van der Waals surface area (Å²) < 4.78 is 10.5. The monoisotopic (exact) mass is 327 g/mol. The maximum absolute atomic E-state index is 12.5. The molecule has 3 rings (SSSR count). The van der Waals surface area contributed by atoms with Crippen molar-refractivity contribution in [2.24, 2.45) is 0 Å². The second kappa shape index (κ2) is 6.04. The molecule has 0 aliphatic carbocycles. The molecule has 1 aliphatic heterocycles. The summed E-state index contributed by atoms with van der Waals surface area (Å²) in [6.45, 7) is 0.0623. The first kappa shape index (κ1) is 15.5. The van der Waals surface area contributed by atoms with E-state index in [1.165, 1.54) is 25.3 Å². The number of carbonyl (C=O) groups is 1. The number of carbonyl (C=O) groups excluding carboxylic acids is 1. The first-order valence-electron chi connectivity index (χ1n) is 7.03. The minimum Gasteiger partial charge on any atom is -0.500 e. The van der Waals surface area contributed by atoms with Gasteiger partial charge in [-0.15, -0.1) is 0 Å². The third kappa shape index (κ3) is 2.67. The summed E-state index contributed by atoms with van der Waals surface area (Å²) in [5.74, 6) is -0.290. The van der Waals surface area contributed by atoms with Crippen LogP contribution in [0.1, 0.15) is 15.9 Å². The van der Waals surface area contributed by atoms with Gasteiger partial charge in [-0.1, -0.05) is 12.1 Å². The van der Waals surface area contributed by atoms with Crippen molar-refractivity contribution in [3.63, 3.8) is 0 Å². The number of hydrogen-bond donors (Lipinski definition) is 1. The second-order valence-corrected chi connectivity index (χ2v) is 5.13. The zero-order valence-corrected chi connectivity index (χ0v) is 12.7. The van der Waals surface area contributed by atoms with Gasteiger partial charge >= 0.3 is 5.69 Å².